The van der Waals surface area contributed by atoms with Crippen molar-refractivity contribution in [1.82, 2.24) is 0 Å². The second kappa shape index (κ2) is 5.76. The molecule has 19 heavy (non-hydrogen) atoms. The molecule has 0 aliphatic carbocycles. The maximum absolute atomic E-state index is 12.1. The van der Waals surface area contributed by atoms with Crippen LogP contribution in [0.5, 0.6) is 0 Å². The Kier molecular flexibility index (Phi) is 4.27. The van der Waals surface area contributed by atoms with E-state index in [0.29, 0.717) is 10.6 Å². The van der Waals surface area contributed by atoms with Crippen molar-refractivity contribution in [3.63, 3.8) is 0 Å². The van der Waals surface area contributed by atoms with Crippen LogP contribution < -0.4 is 5.32 Å². The summed E-state index contributed by atoms with van der Waals surface area (Å²) in [7, 11) is 0. The summed E-state index contributed by atoms with van der Waals surface area (Å²) >= 11 is 9.40. The van der Waals surface area contributed by atoms with Gasteiger partial charge in [-0.25, -0.2) is 0 Å². The Hall–Kier alpha value is -1.32. The van der Waals surface area contributed by atoms with E-state index >= 15 is 0 Å². The third kappa shape index (κ3) is 3.58. The average molecular weight is 339 g/mol. The topological polar surface area (TPSA) is 29.1 Å². The summed E-state index contributed by atoms with van der Waals surface area (Å²) in [5.41, 5.74) is 3.39. The van der Waals surface area contributed by atoms with Gasteiger partial charge in [-0.2, -0.15) is 0 Å². The minimum Gasteiger partial charge on any atom is -0.322 e. The molecule has 0 spiro atoms. The number of aryl methyl sites for hydroxylation is 2. The third-order valence-corrected chi connectivity index (χ3v) is 3.81. The summed E-state index contributed by atoms with van der Waals surface area (Å²) in [6.07, 6.45) is 0. The Labute approximate surface area is 125 Å². The standard InChI is InChI=1S/C15H13BrClNO/c1-9-5-11(7-12(17)6-9)15(19)18-13-4-3-10(2)14(16)8-13/h3-8H,1-2H3,(H,18,19). The first-order valence-corrected chi connectivity index (χ1v) is 6.97. The summed E-state index contributed by atoms with van der Waals surface area (Å²) in [4.78, 5) is 12.1. The molecule has 2 nitrogen and oxygen atoms in total. The molecule has 1 amide bonds. The molecule has 0 atom stereocenters. The molecule has 0 aliphatic rings. The second-order valence-corrected chi connectivity index (χ2v) is 5.73. The minimum absolute atomic E-state index is 0.165. The Morgan fingerprint density at radius 3 is 2.53 bits per heavy atom. The van der Waals surface area contributed by atoms with E-state index in [1.54, 1.807) is 6.07 Å². The molecule has 0 unspecified atom stereocenters. The van der Waals surface area contributed by atoms with Gasteiger partial charge in [0, 0.05) is 20.7 Å². The molecule has 2 aromatic rings. The number of rotatable bonds is 2. The highest BCUT2D eigenvalue weighted by Crippen LogP contribution is 2.22. The van der Waals surface area contributed by atoms with Crippen molar-refractivity contribution in [2.24, 2.45) is 0 Å². The van der Waals surface area contributed by atoms with Crippen LogP contribution in [-0.4, -0.2) is 5.91 Å². The molecular weight excluding hydrogens is 326 g/mol. The van der Waals surface area contributed by atoms with Gasteiger partial charge >= 0.3 is 0 Å². The van der Waals surface area contributed by atoms with E-state index in [2.05, 4.69) is 21.2 Å². The molecule has 4 heteroatoms. The molecule has 98 valence electrons. The van der Waals surface area contributed by atoms with Gasteiger partial charge in [0.05, 0.1) is 0 Å². The first-order valence-electron chi connectivity index (χ1n) is 5.80. The Morgan fingerprint density at radius 1 is 1.16 bits per heavy atom. The van der Waals surface area contributed by atoms with E-state index < -0.39 is 0 Å². The zero-order valence-corrected chi connectivity index (χ0v) is 13.0. The summed E-state index contributed by atoms with van der Waals surface area (Å²) in [6.45, 7) is 3.90. The second-order valence-electron chi connectivity index (χ2n) is 4.44. The lowest BCUT2D eigenvalue weighted by atomic mass is 10.1. The number of benzene rings is 2. The molecule has 0 bridgehead atoms. The van der Waals surface area contributed by atoms with Crippen LogP contribution in [0.2, 0.25) is 5.02 Å². The van der Waals surface area contributed by atoms with Gasteiger partial charge in [-0.05, 0) is 55.3 Å². The largest absolute Gasteiger partial charge is 0.322 e. The lowest BCUT2D eigenvalue weighted by Crippen LogP contribution is -2.12. The van der Waals surface area contributed by atoms with Crippen LogP contribution in [0.3, 0.4) is 0 Å². The van der Waals surface area contributed by atoms with Crippen molar-refractivity contribution >= 4 is 39.1 Å². The lowest BCUT2D eigenvalue weighted by Gasteiger charge is -2.08. The predicted octanol–water partition coefficient (Wildman–Crippen LogP) is 4.97. The average Bonchev–Trinajstić information content (AvgIpc) is 2.32. The molecular formula is C15H13BrClNO. The quantitative estimate of drug-likeness (QED) is 0.823. The number of hydrogen-bond donors (Lipinski definition) is 1. The number of carbonyl (C=O) groups is 1. The number of nitrogens with one attached hydrogen (secondary N) is 1. The smallest absolute Gasteiger partial charge is 0.255 e. The minimum atomic E-state index is -0.165. The van der Waals surface area contributed by atoms with Gasteiger partial charge in [0.2, 0.25) is 0 Å². The zero-order chi connectivity index (χ0) is 14.0. The van der Waals surface area contributed by atoms with Gasteiger partial charge in [-0.3, -0.25) is 4.79 Å². The summed E-state index contributed by atoms with van der Waals surface area (Å²) in [5, 5.41) is 3.42. The van der Waals surface area contributed by atoms with Gasteiger partial charge in [-0.1, -0.05) is 33.6 Å². The Morgan fingerprint density at radius 2 is 1.89 bits per heavy atom. The van der Waals surface area contributed by atoms with E-state index in [0.717, 1.165) is 21.3 Å². The van der Waals surface area contributed by atoms with E-state index in [1.807, 2.05) is 44.2 Å². The fourth-order valence-corrected chi connectivity index (χ4v) is 2.41. The van der Waals surface area contributed by atoms with Crippen molar-refractivity contribution < 1.29 is 4.79 Å². The number of carbonyl (C=O) groups excluding carboxylic acids is 1. The zero-order valence-electron chi connectivity index (χ0n) is 10.6. The summed E-state index contributed by atoms with van der Waals surface area (Å²) in [6, 6.07) is 11.0. The molecule has 0 aliphatic heterocycles. The molecule has 0 fully saturated rings. The van der Waals surface area contributed by atoms with Crippen molar-refractivity contribution in [3.8, 4) is 0 Å². The number of amides is 1. The fraction of sp³-hybridized carbons (Fsp3) is 0.133. The normalized spacial score (nSPS) is 10.3. The van der Waals surface area contributed by atoms with Gasteiger partial charge < -0.3 is 5.32 Å². The van der Waals surface area contributed by atoms with Crippen molar-refractivity contribution in [1.29, 1.82) is 0 Å². The van der Waals surface area contributed by atoms with Crippen LogP contribution in [0.15, 0.2) is 40.9 Å². The number of anilines is 1. The van der Waals surface area contributed by atoms with Crippen LogP contribution in [-0.2, 0) is 0 Å². The van der Waals surface area contributed by atoms with E-state index in [-0.39, 0.29) is 5.91 Å². The van der Waals surface area contributed by atoms with Crippen LogP contribution in [0.4, 0.5) is 5.69 Å². The first-order chi connectivity index (χ1) is 8.95. The molecule has 0 saturated heterocycles. The van der Waals surface area contributed by atoms with E-state index in [4.69, 9.17) is 11.6 Å². The summed E-state index contributed by atoms with van der Waals surface area (Å²) in [5.74, 6) is -0.165. The molecule has 0 aromatic heterocycles. The van der Waals surface area contributed by atoms with Crippen molar-refractivity contribution in [3.05, 3.63) is 62.6 Å². The molecule has 2 rings (SSSR count). The lowest BCUT2D eigenvalue weighted by molar-refractivity contribution is 0.102. The predicted molar refractivity (Wildman–Crippen MR) is 83.0 cm³/mol. The van der Waals surface area contributed by atoms with Gasteiger partial charge in [0.15, 0.2) is 0 Å². The highest BCUT2D eigenvalue weighted by Gasteiger charge is 2.08. The maximum Gasteiger partial charge on any atom is 0.255 e. The monoisotopic (exact) mass is 337 g/mol. The van der Waals surface area contributed by atoms with Gasteiger partial charge in [-0.15, -0.1) is 0 Å². The van der Waals surface area contributed by atoms with Gasteiger partial charge in [0.1, 0.15) is 0 Å². The van der Waals surface area contributed by atoms with Gasteiger partial charge in [0.25, 0.3) is 5.91 Å². The first kappa shape index (κ1) is 14.1. The SMILES string of the molecule is Cc1cc(Cl)cc(C(=O)Nc2ccc(C)c(Br)c2)c1. The van der Waals surface area contributed by atoms with E-state index in [1.165, 1.54) is 0 Å². The van der Waals surface area contributed by atoms with Crippen molar-refractivity contribution in [2.45, 2.75) is 13.8 Å². The summed E-state index contributed by atoms with van der Waals surface area (Å²) < 4.78 is 0.965. The van der Waals surface area contributed by atoms with Crippen molar-refractivity contribution in [2.75, 3.05) is 5.32 Å². The van der Waals surface area contributed by atoms with Crippen LogP contribution in [0, 0.1) is 13.8 Å². The highest BCUT2D eigenvalue weighted by atomic mass is 79.9. The Bertz CT molecular complexity index is 620. The molecule has 0 saturated carbocycles. The number of hydrogen-bond acceptors (Lipinski definition) is 1. The third-order valence-electron chi connectivity index (χ3n) is 2.73. The number of halogens is 2. The van der Waals surface area contributed by atoms with Crippen LogP contribution >= 0.6 is 27.5 Å². The van der Waals surface area contributed by atoms with E-state index in [9.17, 15) is 4.79 Å². The highest BCUT2D eigenvalue weighted by molar-refractivity contribution is 9.10. The fourth-order valence-electron chi connectivity index (χ4n) is 1.74. The Balaban J connectivity index is 2.22. The molecule has 0 radical (unpaired) electrons. The molecule has 2 aromatic carbocycles. The maximum atomic E-state index is 12.1. The molecule has 0 heterocycles. The molecule has 1 N–H and O–H groups in total. The van der Waals surface area contributed by atoms with Crippen LogP contribution in [0.1, 0.15) is 21.5 Å². The van der Waals surface area contributed by atoms with Crippen LogP contribution in [0.25, 0.3) is 0 Å².